The molecule has 0 spiro atoms. The van der Waals surface area contributed by atoms with E-state index in [1.807, 2.05) is 21.9 Å². The van der Waals surface area contributed by atoms with E-state index >= 15 is 0 Å². The van der Waals surface area contributed by atoms with Crippen molar-refractivity contribution >= 4 is 51.8 Å². The van der Waals surface area contributed by atoms with E-state index in [1.54, 1.807) is 18.2 Å². The molecule has 4 aromatic rings. The minimum atomic E-state index is -0.884. The first-order valence-corrected chi connectivity index (χ1v) is 13.9. The van der Waals surface area contributed by atoms with Crippen LogP contribution in [0.15, 0.2) is 48.7 Å². The van der Waals surface area contributed by atoms with E-state index in [0.717, 1.165) is 5.52 Å². The topological polar surface area (TPSA) is 243 Å². The summed E-state index contributed by atoms with van der Waals surface area (Å²) < 4.78 is 0. The number of anilines is 5. The minimum Gasteiger partial charge on any atom is -0.506 e. The Balaban J connectivity index is 1.36. The molecule has 0 bridgehead atoms. The summed E-state index contributed by atoms with van der Waals surface area (Å²) in [6.45, 7) is 2.74. The lowest BCUT2D eigenvalue weighted by Crippen LogP contribution is -2.53. The highest BCUT2D eigenvalue weighted by Crippen LogP contribution is 2.29. The second-order valence-electron chi connectivity index (χ2n) is 10.4. The number of piperidine rings is 1. The summed E-state index contributed by atoms with van der Waals surface area (Å²) in [6, 6.07) is 11.4. The molecule has 3 heterocycles. The van der Waals surface area contributed by atoms with Gasteiger partial charge in [0.1, 0.15) is 5.75 Å². The van der Waals surface area contributed by atoms with Gasteiger partial charge in [0.2, 0.25) is 17.8 Å². The van der Waals surface area contributed by atoms with Crippen LogP contribution in [0.4, 0.5) is 29.2 Å². The number of Topliss-reactive ketones (excluding diaryl/α,β-unsaturated/α-hetero) is 1. The van der Waals surface area contributed by atoms with Gasteiger partial charge in [-0.15, -0.1) is 0 Å². The van der Waals surface area contributed by atoms with Crippen LogP contribution in [0.1, 0.15) is 16.8 Å². The Labute approximate surface area is 247 Å². The van der Waals surface area contributed by atoms with Crippen molar-refractivity contribution in [3.05, 3.63) is 54.2 Å². The number of amides is 1. The van der Waals surface area contributed by atoms with E-state index in [9.17, 15) is 14.7 Å². The van der Waals surface area contributed by atoms with Crippen molar-refractivity contribution in [2.24, 2.45) is 22.9 Å². The first kappa shape index (κ1) is 29.7. The lowest BCUT2D eigenvalue weighted by atomic mass is 10.0. The molecule has 2 atom stereocenters. The number of benzene rings is 2. The Morgan fingerprint density at radius 3 is 2.44 bits per heavy atom. The van der Waals surface area contributed by atoms with Gasteiger partial charge < -0.3 is 53.5 Å². The molecule has 0 radical (unpaired) electrons. The molecule has 226 valence electrons. The SMILES string of the molecule is NCCN(CCN)c1nc(Nc2ccc(NC(=O)C(=O)c3c[nH]c4ccccc34)c(O)c2)nc(N2C[C@H](N)C[C@H](N)C2)n1. The average Bonchev–Trinajstić information content (AvgIpc) is 3.41. The number of nitrogens with one attached hydrogen (secondary N) is 3. The number of carbonyl (C=O) groups is 2. The Morgan fingerprint density at radius 1 is 1.02 bits per heavy atom. The molecule has 15 nitrogen and oxygen atoms in total. The van der Waals surface area contributed by atoms with Gasteiger partial charge in [0.15, 0.2) is 0 Å². The first-order valence-electron chi connectivity index (χ1n) is 13.9. The van der Waals surface area contributed by atoms with Crippen LogP contribution in [0, 0.1) is 0 Å². The monoisotopic (exact) mass is 588 g/mol. The molecule has 1 aliphatic heterocycles. The summed E-state index contributed by atoms with van der Waals surface area (Å²) in [5, 5.41) is 16.9. The quantitative estimate of drug-likeness (QED) is 0.0664. The van der Waals surface area contributed by atoms with Crippen LogP contribution in [0.25, 0.3) is 10.9 Å². The Bertz CT molecular complexity index is 1590. The smallest absolute Gasteiger partial charge is 0.296 e. The van der Waals surface area contributed by atoms with Crippen molar-refractivity contribution in [1.82, 2.24) is 19.9 Å². The predicted molar refractivity (Wildman–Crippen MR) is 166 cm³/mol. The number of aromatic amines is 1. The zero-order chi connectivity index (χ0) is 30.5. The number of phenolic OH excluding ortho intramolecular Hbond substituents is 1. The Kier molecular flexibility index (Phi) is 8.96. The molecular weight excluding hydrogens is 552 g/mol. The van der Waals surface area contributed by atoms with E-state index in [4.69, 9.17) is 22.9 Å². The molecule has 1 saturated heterocycles. The van der Waals surface area contributed by atoms with Gasteiger partial charge in [-0.3, -0.25) is 9.59 Å². The van der Waals surface area contributed by atoms with Gasteiger partial charge in [0.25, 0.3) is 11.7 Å². The Morgan fingerprint density at radius 2 is 1.74 bits per heavy atom. The number of carbonyl (C=O) groups excluding carboxylic acids is 2. The van der Waals surface area contributed by atoms with Crippen LogP contribution in [-0.4, -0.2) is 88.1 Å². The first-order chi connectivity index (χ1) is 20.7. The number of nitrogens with zero attached hydrogens (tertiary/aromatic N) is 5. The third kappa shape index (κ3) is 6.81. The molecule has 12 N–H and O–H groups in total. The zero-order valence-corrected chi connectivity index (χ0v) is 23.5. The highest BCUT2D eigenvalue weighted by atomic mass is 16.3. The summed E-state index contributed by atoms with van der Waals surface area (Å²) in [7, 11) is 0. The normalized spacial score (nSPS) is 16.7. The number of nitrogens with two attached hydrogens (primary N) is 4. The van der Waals surface area contributed by atoms with E-state index in [1.165, 1.54) is 18.3 Å². The summed E-state index contributed by atoms with van der Waals surface area (Å²) in [6.07, 6.45) is 2.19. The zero-order valence-electron chi connectivity index (χ0n) is 23.5. The molecule has 2 aromatic carbocycles. The molecule has 0 aliphatic carbocycles. The lowest BCUT2D eigenvalue weighted by Gasteiger charge is -2.35. The van der Waals surface area contributed by atoms with Gasteiger partial charge in [-0.25, -0.2) is 0 Å². The third-order valence-corrected chi connectivity index (χ3v) is 7.03. The number of H-pyrrole nitrogens is 1. The number of fused-ring (bicyclic) bond motifs is 1. The van der Waals surface area contributed by atoms with Crippen LogP contribution in [-0.2, 0) is 4.79 Å². The fourth-order valence-corrected chi connectivity index (χ4v) is 5.06. The van der Waals surface area contributed by atoms with Gasteiger partial charge in [-0.1, -0.05) is 18.2 Å². The predicted octanol–water partition coefficient (Wildman–Crippen LogP) is 0.212. The van der Waals surface area contributed by atoms with E-state index in [0.29, 0.717) is 68.7 Å². The summed E-state index contributed by atoms with van der Waals surface area (Å²) in [5.41, 5.74) is 25.5. The average molecular weight is 589 g/mol. The van der Waals surface area contributed by atoms with Crippen molar-refractivity contribution in [3.8, 4) is 5.75 Å². The maximum Gasteiger partial charge on any atom is 0.296 e. The Hall–Kier alpha value is -4.83. The fourth-order valence-electron chi connectivity index (χ4n) is 5.06. The van der Waals surface area contributed by atoms with E-state index in [-0.39, 0.29) is 35.0 Å². The molecule has 43 heavy (non-hydrogen) atoms. The van der Waals surface area contributed by atoms with Gasteiger partial charge in [0.05, 0.1) is 11.3 Å². The summed E-state index contributed by atoms with van der Waals surface area (Å²) in [4.78, 5) is 46.2. The van der Waals surface area contributed by atoms with Crippen molar-refractivity contribution in [3.63, 3.8) is 0 Å². The number of aromatic hydroxyl groups is 1. The summed E-state index contributed by atoms with van der Waals surface area (Å²) in [5.74, 6) is -0.912. The second kappa shape index (κ2) is 13.0. The van der Waals surface area contributed by atoms with Crippen molar-refractivity contribution < 1.29 is 14.7 Å². The highest BCUT2D eigenvalue weighted by Gasteiger charge is 2.26. The molecule has 1 fully saturated rings. The van der Waals surface area contributed by atoms with Crippen molar-refractivity contribution in [2.45, 2.75) is 18.5 Å². The maximum absolute atomic E-state index is 12.8. The highest BCUT2D eigenvalue weighted by molar-refractivity contribution is 6.48. The molecule has 5 rings (SSSR count). The van der Waals surface area contributed by atoms with Crippen LogP contribution >= 0.6 is 0 Å². The van der Waals surface area contributed by atoms with Crippen LogP contribution < -0.4 is 43.4 Å². The van der Waals surface area contributed by atoms with Crippen LogP contribution in [0.5, 0.6) is 5.75 Å². The number of hydrogen-bond acceptors (Lipinski definition) is 13. The van der Waals surface area contributed by atoms with Gasteiger partial charge in [-0.2, -0.15) is 15.0 Å². The van der Waals surface area contributed by atoms with Gasteiger partial charge in [-0.05, 0) is 24.6 Å². The number of aromatic nitrogens is 4. The molecule has 15 heteroatoms. The largest absolute Gasteiger partial charge is 0.506 e. The maximum atomic E-state index is 12.8. The minimum absolute atomic E-state index is 0.0640. The standard InChI is InChI=1S/C28H36N12O3/c29-7-9-39(10-8-30)27-36-26(37-28(38-27)40-14-16(31)11-17(32)15-40)34-18-5-6-22(23(41)12-18)35-25(43)24(42)20-13-33-21-4-2-1-3-19(20)21/h1-6,12-13,16-17,33,41H,7-11,14-15,29-32H2,(H,35,43)(H,34,36,37,38)/t16-,17+. The van der Waals surface area contributed by atoms with Gasteiger partial charge in [0, 0.05) is 80.2 Å². The number of ketones is 1. The molecule has 0 saturated carbocycles. The number of phenols is 1. The number of hydrogen-bond donors (Lipinski definition) is 8. The molecule has 1 aliphatic rings. The van der Waals surface area contributed by atoms with E-state index < -0.39 is 11.7 Å². The van der Waals surface area contributed by atoms with Gasteiger partial charge >= 0.3 is 0 Å². The van der Waals surface area contributed by atoms with Crippen LogP contribution in [0.2, 0.25) is 0 Å². The van der Waals surface area contributed by atoms with Crippen LogP contribution in [0.3, 0.4) is 0 Å². The fraction of sp³-hybridized carbons (Fsp3) is 0.321. The van der Waals surface area contributed by atoms with E-state index in [2.05, 4.69) is 30.6 Å². The number of rotatable bonds is 11. The van der Waals surface area contributed by atoms with Crippen molar-refractivity contribution in [1.29, 1.82) is 0 Å². The molecule has 1 amide bonds. The summed E-state index contributed by atoms with van der Waals surface area (Å²) >= 11 is 0. The molecule has 2 aromatic heterocycles. The van der Waals surface area contributed by atoms with Crippen molar-refractivity contribution in [2.75, 3.05) is 59.7 Å². The molecule has 0 unspecified atom stereocenters. The molecular formula is C28H36N12O3. The third-order valence-electron chi connectivity index (χ3n) is 7.03. The number of para-hydroxylation sites is 1. The lowest BCUT2D eigenvalue weighted by molar-refractivity contribution is -0.112. The second-order valence-corrected chi connectivity index (χ2v) is 10.4.